The molecule has 0 bridgehead atoms. The zero-order valence-corrected chi connectivity index (χ0v) is 17.0. The van der Waals surface area contributed by atoms with Crippen LogP contribution < -0.4 is 4.74 Å². The first-order valence-corrected chi connectivity index (χ1v) is 8.93. The van der Waals surface area contributed by atoms with Crippen molar-refractivity contribution in [2.24, 2.45) is 0 Å². The topological polar surface area (TPSA) is 117 Å². The van der Waals surface area contributed by atoms with Crippen LogP contribution in [-0.4, -0.2) is 74.2 Å². The molecule has 0 saturated heterocycles. The molecule has 10 nitrogen and oxygen atoms in total. The highest BCUT2D eigenvalue weighted by molar-refractivity contribution is 7.20. The maximum atomic E-state index is 13.1. The number of carbonyl (C=O) groups is 3. The fraction of sp³-hybridized carbons (Fsp3) is 0.471. The van der Waals surface area contributed by atoms with Crippen LogP contribution in [0.15, 0.2) is 0 Å². The highest BCUT2D eigenvalue weighted by Crippen LogP contribution is 2.35. The second-order valence-electron chi connectivity index (χ2n) is 5.63. The van der Waals surface area contributed by atoms with Crippen molar-refractivity contribution in [3.63, 3.8) is 0 Å². The first kappa shape index (κ1) is 21.5. The molecular formula is C17H21N3O7S. The summed E-state index contributed by atoms with van der Waals surface area (Å²) < 4.78 is 19.6. The minimum Gasteiger partial charge on any atom is -0.480 e. The Balaban J connectivity index is 2.50. The number of amides is 1. The molecule has 0 aliphatic rings. The fourth-order valence-corrected chi connectivity index (χ4v) is 3.63. The number of methoxy groups -OCH3 is 4. The third-order valence-corrected chi connectivity index (χ3v) is 5.02. The molecule has 2 rings (SSSR count). The van der Waals surface area contributed by atoms with Crippen molar-refractivity contribution in [1.29, 1.82) is 0 Å². The molecule has 0 saturated carbocycles. The summed E-state index contributed by atoms with van der Waals surface area (Å²) in [5.74, 6) is -1.11. The highest BCUT2D eigenvalue weighted by atomic mass is 32.1. The number of carbonyl (C=O) groups excluding carboxylic acids is 3. The van der Waals surface area contributed by atoms with E-state index in [0.717, 1.165) is 16.2 Å². The second-order valence-corrected chi connectivity index (χ2v) is 6.63. The van der Waals surface area contributed by atoms with Gasteiger partial charge in [0.25, 0.3) is 5.91 Å². The van der Waals surface area contributed by atoms with Crippen LogP contribution in [0, 0.1) is 6.92 Å². The molecule has 0 atom stereocenters. The first-order chi connectivity index (χ1) is 13.4. The zero-order chi connectivity index (χ0) is 20.8. The molecule has 152 valence electrons. The molecule has 0 aliphatic heterocycles. The van der Waals surface area contributed by atoms with E-state index >= 15 is 0 Å². The molecule has 0 unspecified atom stereocenters. The van der Waals surface area contributed by atoms with E-state index < -0.39 is 30.9 Å². The van der Waals surface area contributed by atoms with Gasteiger partial charge >= 0.3 is 11.9 Å². The van der Waals surface area contributed by atoms with Crippen LogP contribution in [0.1, 0.15) is 21.1 Å². The zero-order valence-electron chi connectivity index (χ0n) is 16.2. The highest BCUT2D eigenvalue weighted by Gasteiger charge is 2.28. The third kappa shape index (κ3) is 4.54. The Labute approximate surface area is 165 Å². The van der Waals surface area contributed by atoms with Gasteiger partial charge in [-0.1, -0.05) is 0 Å². The molecule has 0 aromatic carbocycles. The van der Waals surface area contributed by atoms with Gasteiger partial charge in [0.1, 0.15) is 24.5 Å². The number of hydrogen-bond donors (Lipinski definition) is 0. The standard InChI is InChI=1S/C17H21N3O7S/c1-9-13-15(27-5)18-10(8-24-2)19-16(13)28-14(9)17(23)20(6-11(21)25-3)7-12(22)26-4/h6-8H2,1-5H3. The van der Waals surface area contributed by atoms with E-state index in [-0.39, 0.29) is 6.61 Å². The number of aryl methyl sites for hydroxylation is 1. The molecule has 1 amide bonds. The van der Waals surface area contributed by atoms with Crippen LogP contribution in [0.2, 0.25) is 0 Å². The monoisotopic (exact) mass is 411 g/mol. The molecule has 0 aliphatic carbocycles. The maximum Gasteiger partial charge on any atom is 0.325 e. The third-order valence-electron chi connectivity index (χ3n) is 3.85. The van der Waals surface area contributed by atoms with Crippen LogP contribution in [0.3, 0.4) is 0 Å². The number of aromatic nitrogens is 2. The molecule has 2 aromatic rings. The molecule has 28 heavy (non-hydrogen) atoms. The Bertz CT molecular complexity index is 878. The van der Waals surface area contributed by atoms with Crippen molar-refractivity contribution in [2.75, 3.05) is 41.5 Å². The van der Waals surface area contributed by atoms with Crippen molar-refractivity contribution in [1.82, 2.24) is 14.9 Å². The second kappa shape index (κ2) is 9.42. The first-order valence-electron chi connectivity index (χ1n) is 8.12. The van der Waals surface area contributed by atoms with Crippen LogP contribution >= 0.6 is 11.3 Å². The lowest BCUT2D eigenvalue weighted by Crippen LogP contribution is -2.40. The van der Waals surface area contributed by atoms with Gasteiger partial charge in [-0.2, -0.15) is 4.98 Å². The van der Waals surface area contributed by atoms with Gasteiger partial charge in [-0.25, -0.2) is 4.98 Å². The lowest BCUT2D eigenvalue weighted by atomic mass is 10.2. The lowest BCUT2D eigenvalue weighted by Gasteiger charge is -2.19. The lowest BCUT2D eigenvalue weighted by molar-refractivity contribution is -0.144. The molecule has 11 heteroatoms. The van der Waals surface area contributed by atoms with Crippen molar-refractivity contribution in [2.45, 2.75) is 13.5 Å². The van der Waals surface area contributed by atoms with Crippen LogP contribution in [0.25, 0.3) is 10.2 Å². The average Bonchev–Trinajstić information content (AvgIpc) is 3.02. The Morgan fingerprint density at radius 1 is 1.00 bits per heavy atom. The van der Waals surface area contributed by atoms with Gasteiger partial charge in [-0.15, -0.1) is 11.3 Å². The van der Waals surface area contributed by atoms with E-state index in [4.69, 9.17) is 9.47 Å². The number of esters is 2. The predicted molar refractivity (Wildman–Crippen MR) is 99.4 cm³/mol. The summed E-state index contributed by atoms with van der Waals surface area (Å²) in [6.07, 6.45) is 0. The van der Waals surface area contributed by atoms with Crippen LogP contribution in [0.4, 0.5) is 0 Å². The summed E-state index contributed by atoms with van der Waals surface area (Å²) in [5.41, 5.74) is 0.588. The van der Waals surface area contributed by atoms with Crippen molar-refractivity contribution >= 4 is 39.4 Å². The number of fused-ring (bicyclic) bond motifs is 1. The Hall–Kier alpha value is -2.79. The van der Waals surface area contributed by atoms with E-state index in [1.165, 1.54) is 28.4 Å². The van der Waals surface area contributed by atoms with E-state index in [0.29, 0.717) is 32.4 Å². The summed E-state index contributed by atoms with van der Waals surface area (Å²) in [6, 6.07) is 0. The number of ether oxygens (including phenoxy) is 4. The molecule has 0 radical (unpaired) electrons. The molecule has 0 fully saturated rings. The van der Waals surface area contributed by atoms with Gasteiger partial charge in [-0.3, -0.25) is 14.4 Å². The SMILES string of the molecule is COCc1nc(OC)c2c(C)c(C(=O)N(CC(=O)OC)CC(=O)OC)sc2n1. The number of nitrogens with zero attached hydrogens (tertiary/aromatic N) is 3. The summed E-state index contributed by atoms with van der Waals surface area (Å²) in [5, 5.41) is 0.590. The number of rotatable bonds is 8. The summed E-state index contributed by atoms with van der Waals surface area (Å²) in [7, 11) is 5.39. The quantitative estimate of drug-likeness (QED) is 0.585. The largest absolute Gasteiger partial charge is 0.480 e. The predicted octanol–water partition coefficient (Wildman–Crippen LogP) is 0.943. The summed E-state index contributed by atoms with van der Waals surface area (Å²) >= 11 is 1.12. The minimum absolute atomic E-state index is 0.184. The minimum atomic E-state index is -0.657. The summed E-state index contributed by atoms with van der Waals surface area (Å²) in [6.45, 7) is 1.12. The maximum absolute atomic E-state index is 13.1. The Morgan fingerprint density at radius 3 is 2.11 bits per heavy atom. The summed E-state index contributed by atoms with van der Waals surface area (Å²) in [4.78, 5) is 47.0. The van der Waals surface area contributed by atoms with Crippen LogP contribution in [-0.2, 0) is 30.4 Å². The smallest absolute Gasteiger partial charge is 0.325 e. The van der Waals surface area contributed by atoms with E-state index in [1.54, 1.807) is 6.92 Å². The van der Waals surface area contributed by atoms with Gasteiger partial charge in [-0.05, 0) is 12.5 Å². The molecule has 2 aromatic heterocycles. The number of thiophene rings is 1. The molecular weight excluding hydrogens is 390 g/mol. The van der Waals surface area contributed by atoms with Gasteiger partial charge in [0.05, 0.1) is 31.6 Å². The van der Waals surface area contributed by atoms with Gasteiger partial charge < -0.3 is 23.8 Å². The normalized spacial score (nSPS) is 10.6. The van der Waals surface area contributed by atoms with Crippen LogP contribution in [0.5, 0.6) is 5.88 Å². The van der Waals surface area contributed by atoms with Gasteiger partial charge in [0.15, 0.2) is 5.82 Å². The van der Waals surface area contributed by atoms with E-state index in [2.05, 4.69) is 19.4 Å². The van der Waals surface area contributed by atoms with E-state index in [9.17, 15) is 14.4 Å². The van der Waals surface area contributed by atoms with Crippen molar-refractivity contribution in [3.8, 4) is 5.88 Å². The molecule has 2 heterocycles. The molecule has 0 spiro atoms. The van der Waals surface area contributed by atoms with Gasteiger partial charge in [0.2, 0.25) is 5.88 Å². The van der Waals surface area contributed by atoms with Gasteiger partial charge in [0, 0.05) is 7.11 Å². The van der Waals surface area contributed by atoms with Crippen molar-refractivity contribution < 1.29 is 33.3 Å². The Morgan fingerprint density at radius 2 is 1.61 bits per heavy atom. The molecule has 0 N–H and O–H groups in total. The Kier molecular flexibility index (Phi) is 7.24. The van der Waals surface area contributed by atoms with E-state index in [1.807, 2.05) is 0 Å². The fourth-order valence-electron chi connectivity index (χ4n) is 2.47. The van der Waals surface area contributed by atoms with Crippen molar-refractivity contribution in [3.05, 3.63) is 16.3 Å². The number of hydrogen-bond acceptors (Lipinski definition) is 10. The average molecular weight is 411 g/mol.